The lowest BCUT2D eigenvalue weighted by Gasteiger charge is -2.16. The number of rotatable bonds is 3. The van der Waals surface area contributed by atoms with Crippen molar-refractivity contribution in [1.82, 2.24) is 24.6 Å². The SMILES string of the molecule is CCOC(=O)c1cccc2c1C(=O)N(C)Cc1c(-c3noc(C)n3)ncn1-2. The Morgan fingerprint density at radius 2 is 2.19 bits per heavy atom. The van der Waals surface area contributed by atoms with Crippen LogP contribution < -0.4 is 0 Å². The van der Waals surface area contributed by atoms with Gasteiger partial charge in [-0.2, -0.15) is 4.98 Å². The molecule has 4 rings (SSSR count). The molecule has 1 amide bonds. The maximum Gasteiger partial charge on any atom is 0.339 e. The quantitative estimate of drug-likeness (QED) is 0.652. The number of aryl methyl sites for hydroxylation is 1. The van der Waals surface area contributed by atoms with E-state index in [-0.39, 0.29) is 30.2 Å². The average Bonchev–Trinajstić information content (AvgIpc) is 3.24. The molecule has 3 heterocycles. The van der Waals surface area contributed by atoms with Crippen molar-refractivity contribution in [2.24, 2.45) is 0 Å². The van der Waals surface area contributed by atoms with Gasteiger partial charge in [-0.05, 0) is 19.1 Å². The minimum atomic E-state index is -0.534. The first-order valence-electron chi connectivity index (χ1n) is 8.44. The molecule has 0 N–H and O–H groups in total. The molecule has 3 aromatic rings. The predicted molar refractivity (Wildman–Crippen MR) is 93.3 cm³/mol. The number of imidazole rings is 1. The Morgan fingerprint density at radius 1 is 1.37 bits per heavy atom. The van der Waals surface area contributed by atoms with Crippen molar-refractivity contribution in [3.63, 3.8) is 0 Å². The third kappa shape index (κ3) is 2.67. The summed E-state index contributed by atoms with van der Waals surface area (Å²) in [5, 5.41) is 3.93. The molecule has 0 aliphatic carbocycles. The maximum atomic E-state index is 13.0. The largest absolute Gasteiger partial charge is 0.462 e. The lowest BCUT2D eigenvalue weighted by molar-refractivity contribution is 0.0520. The van der Waals surface area contributed by atoms with Crippen LogP contribution in [0.3, 0.4) is 0 Å². The molecule has 138 valence electrons. The summed E-state index contributed by atoms with van der Waals surface area (Å²) in [6.45, 7) is 3.92. The number of aromatic nitrogens is 4. The van der Waals surface area contributed by atoms with Crippen molar-refractivity contribution in [3.8, 4) is 17.2 Å². The first kappa shape index (κ1) is 17.0. The third-order valence-corrected chi connectivity index (χ3v) is 4.35. The zero-order valence-corrected chi connectivity index (χ0v) is 15.1. The number of carbonyl (C=O) groups is 2. The highest BCUT2D eigenvalue weighted by Gasteiger charge is 2.31. The van der Waals surface area contributed by atoms with E-state index in [9.17, 15) is 9.59 Å². The number of hydrogen-bond donors (Lipinski definition) is 0. The van der Waals surface area contributed by atoms with E-state index in [1.807, 2.05) is 0 Å². The van der Waals surface area contributed by atoms with Crippen molar-refractivity contribution < 1.29 is 18.8 Å². The van der Waals surface area contributed by atoms with Gasteiger partial charge < -0.3 is 14.2 Å². The van der Waals surface area contributed by atoms with Crippen LogP contribution in [-0.4, -0.2) is 50.1 Å². The van der Waals surface area contributed by atoms with E-state index in [4.69, 9.17) is 9.26 Å². The van der Waals surface area contributed by atoms with E-state index in [0.29, 0.717) is 23.1 Å². The second-order valence-electron chi connectivity index (χ2n) is 6.13. The minimum absolute atomic E-state index is 0.226. The molecule has 0 radical (unpaired) electrons. The van der Waals surface area contributed by atoms with Crippen LogP contribution in [0.1, 0.15) is 39.2 Å². The normalized spacial score (nSPS) is 13.1. The Kier molecular flexibility index (Phi) is 3.98. The molecule has 2 aromatic heterocycles. The third-order valence-electron chi connectivity index (χ3n) is 4.35. The van der Waals surface area contributed by atoms with Crippen molar-refractivity contribution in [2.75, 3.05) is 13.7 Å². The van der Waals surface area contributed by atoms with E-state index in [0.717, 1.165) is 5.69 Å². The fourth-order valence-electron chi connectivity index (χ4n) is 3.15. The molecule has 0 saturated heterocycles. The van der Waals surface area contributed by atoms with Gasteiger partial charge in [-0.3, -0.25) is 9.36 Å². The van der Waals surface area contributed by atoms with E-state index >= 15 is 0 Å². The Hall–Kier alpha value is -3.49. The highest BCUT2D eigenvalue weighted by Crippen LogP contribution is 2.31. The zero-order valence-electron chi connectivity index (χ0n) is 15.1. The predicted octanol–water partition coefficient (Wildman–Crippen LogP) is 1.99. The molecule has 0 saturated carbocycles. The number of fused-ring (bicyclic) bond motifs is 3. The minimum Gasteiger partial charge on any atom is -0.462 e. The molecule has 27 heavy (non-hydrogen) atoms. The Bertz CT molecular complexity index is 1050. The van der Waals surface area contributed by atoms with E-state index in [2.05, 4.69) is 15.1 Å². The summed E-state index contributed by atoms with van der Waals surface area (Å²) in [4.78, 5) is 35.6. The van der Waals surface area contributed by atoms with Crippen molar-refractivity contribution in [2.45, 2.75) is 20.4 Å². The van der Waals surface area contributed by atoms with Gasteiger partial charge >= 0.3 is 5.97 Å². The number of esters is 1. The summed E-state index contributed by atoms with van der Waals surface area (Å²) in [7, 11) is 1.67. The average molecular weight is 367 g/mol. The Morgan fingerprint density at radius 3 is 2.89 bits per heavy atom. The smallest absolute Gasteiger partial charge is 0.339 e. The van der Waals surface area contributed by atoms with Crippen LogP contribution in [0.5, 0.6) is 0 Å². The molecule has 0 fully saturated rings. The fraction of sp³-hybridized carbons (Fsp3) is 0.278. The summed E-state index contributed by atoms with van der Waals surface area (Å²) < 4.78 is 11.9. The van der Waals surface area contributed by atoms with Crippen LogP contribution in [0.25, 0.3) is 17.2 Å². The first-order valence-corrected chi connectivity index (χ1v) is 8.44. The van der Waals surface area contributed by atoms with Gasteiger partial charge in [-0.15, -0.1) is 0 Å². The second kappa shape index (κ2) is 6.35. The number of amides is 1. The van der Waals surface area contributed by atoms with Crippen LogP contribution in [0.2, 0.25) is 0 Å². The number of nitrogens with zero attached hydrogens (tertiary/aromatic N) is 5. The monoisotopic (exact) mass is 367 g/mol. The van der Waals surface area contributed by atoms with Crippen LogP contribution >= 0.6 is 0 Å². The lowest BCUT2D eigenvalue weighted by Crippen LogP contribution is -2.27. The molecular weight excluding hydrogens is 350 g/mol. The fourth-order valence-corrected chi connectivity index (χ4v) is 3.15. The van der Waals surface area contributed by atoms with Gasteiger partial charge in [0.2, 0.25) is 11.7 Å². The van der Waals surface area contributed by atoms with E-state index < -0.39 is 5.97 Å². The summed E-state index contributed by atoms with van der Waals surface area (Å²) in [5.41, 5.74) is 2.33. The molecule has 1 aromatic carbocycles. The maximum absolute atomic E-state index is 13.0. The highest BCUT2D eigenvalue weighted by atomic mass is 16.5. The van der Waals surface area contributed by atoms with Crippen LogP contribution in [-0.2, 0) is 11.3 Å². The van der Waals surface area contributed by atoms with Crippen LogP contribution in [0.4, 0.5) is 0 Å². The van der Waals surface area contributed by atoms with Gasteiger partial charge in [0, 0.05) is 14.0 Å². The number of benzene rings is 1. The van der Waals surface area contributed by atoms with Gasteiger partial charge in [0.15, 0.2) is 0 Å². The van der Waals surface area contributed by atoms with Gasteiger partial charge in [-0.1, -0.05) is 11.2 Å². The highest BCUT2D eigenvalue weighted by molar-refractivity contribution is 6.08. The summed E-state index contributed by atoms with van der Waals surface area (Å²) in [6, 6.07) is 5.07. The van der Waals surface area contributed by atoms with Crippen LogP contribution in [0, 0.1) is 6.92 Å². The molecule has 0 unspecified atom stereocenters. The standard InChI is InChI=1S/C18H17N5O4/c1-4-26-18(25)11-6-5-7-12-14(11)17(24)22(3)8-13-15(19-9-23(12)13)16-20-10(2)27-21-16/h5-7,9H,4,8H2,1-3H3. The molecule has 0 spiro atoms. The van der Waals surface area contributed by atoms with Crippen molar-refractivity contribution in [1.29, 1.82) is 0 Å². The Balaban J connectivity index is 1.94. The number of ether oxygens (including phenoxy) is 1. The number of hydrogen-bond acceptors (Lipinski definition) is 7. The van der Waals surface area contributed by atoms with Crippen molar-refractivity contribution in [3.05, 3.63) is 47.2 Å². The van der Waals surface area contributed by atoms with Gasteiger partial charge in [0.1, 0.15) is 12.0 Å². The topological polar surface area (TPSA) is 103 Å². The molecule has 1 aliphatic rings. The molecule has 1 aliphatic heterocycles. The van der Waals surface area contributed by atoms with Gasteiger partial charge in [-0.25, -0.2) is 9.78 Å². The van der Waals surface area contributed by atoms with Crippen molar-refractivity contribution >= 4 is 11.9 Å². The molecular formula is C18H17N5O4. The summed E-state index contributed by atoms with van der Waals surface area (Å²) in [6.07, 6.45) is 1.59. The summed E-state index contributed by atoms with van der Waals surface area (Å²) >= 11 is 0. The lowest BCUT2D eigenvalue weighted by atomic mass is 10.0. The molecule has 9 nitrogen and oxygen atoms in total. The van der Waals surface area contributed by atoms with E-state index in [1.54, 1.807) is 50.0 Å². The van der Waals surface area contributed by atoms with Gasteiger partial charge in [0.05, 0.1) is 35.7 Å². The first-order chi connectivity index (χ1) is 13.0. The zero-order chi connectivity index (χ0) is 19.1. The molecule has 9 heteroatoms. The van der Waals surface area contributed by atoms with Gasteiger partial charge in [0.25, 0.3) is 5.91 Å². The molecule has 0 atom stereocenters. The summed E-state index contributed by atoms with van der Waals surface area (Å²) in [5.74, 6) is -0.0248. The Labute approximate surface area is 154 Å². The van der Waals surface area contributed by atoms with E-state index in [1.165, 1.54) is 4.90 Å². The molecule has 0 bridgehead atoms. The number of carbonyl (C=O) groups excluding carboxylic acids is 2. The second-order valence-corrected chi connectivity index (χ2v) is 6.13. The van der Waals surface area contributed by atoms with Crippen LogP contribution in [0.15, 0.2) is 29.0 Å².